The maximum atomic E-state index is 13.9. The quantitative estimate of drug-likeness (QED) is 0.267. The highest BCUT2D eigenvalue weighted by atomic mass is 127. The van der Waals surface area contributed by atoms with Crippen molar-refractivity contribution in [3.05, 3.63) is 41.3 Å². The van der Waals surface area contributed by atoms with Gasteiger partial charge in [-0.05, 0) is 44.4 Å². The molecule has 2 N–H and O–H groups in total. The van der Waals surface area contributed by atoms with Crippen LogP contribution in [0.4, 0.5) is 4.39 Å². The fourth-order valence-electron chi connectivity index (χ4n) is 3.68. The third kappa shape index (κ3) is 8.07. The third-order valence-electron chi connectivity index (χ3n) is 5.45. The lowest BCUT2D eigenvalue weighted by atomic mass is 10.0. The lowest BCUT2D eigenvalue weighted by Crippen LogP contribution is -2.48. The Hall–Kier alpha value is -1.99. The molecule has 1 fully saturated rings. The first-order valence-electron chi connectivity index (χ1n) is 11.0. The summed E-state index contributed by atoms with van der Waals surface area (Å²) in [5.41, 5.74) is 0.949. The van der Waals surface area contributed by atoms with Crippen LogP contribution in [-0.2, 0) is 17.8 Å². The molecule has 0 saturated carbocycles. The molecule has 33 heavy (non-hydrogen) atoms. The second-order valence-corrected chi connectivity index (χ2v) is 7.73. The van der Waals surface area contributed by atoms with Crippen LogP contribution >= 0.6 is 24.0 Å². The molecule has 1 atom stereocenters. The lowest BCUT2D eigenvalue weighted by molar-refractivity contribution is 0.0683. The summed E-state index contributed by atoms with van der Waals surface area (Å²) in [7, 11) is 3.21. The SMILES string of the molecule is CCOC(C)c1noc(CNC(=NC)NC2CCN(Cc3ccc(OC)c(F)c3)CC2)n1.I. The molecule has 1 unspecified atom stereocenters. The number of rotatable bonds is 9. The van der Waals surface area contributed by atoms with Crippen molar-refractivity contribution in [1.82, 2.24) is 25.7 Å². The monoisotopic (exact) mass is 576 g/mol. The van der Waals surface area contributed by atoms with Crippen LogP contribution in [0.25, 0.3) is 0 Å². The largest absolute Gasteiger partial charge is 0.494 e. The molecule has 1 aromatic carbocycles. The predicted molar refractivity (Wildman–Crippen MR) is 134 cm³/mol. The molecule has 3 rings (SSSR count). The molecule has 0 aliphatic carbocycles. The molecule has 0 spiro atoms. The molecule has 1 saturated heterocycles. The van der Waals surface area contributed by atoms with Gasteiger partial charge in [0.25, 0.3) is 0 Å². The second kappa shape index (κ2) is 13.7. The number of nitrogens with one attached hydrogen (secondary N) is 2. The number of hydrogen-bond donors (Lipinski definition) is 2. The summed E-state index contributed by atoms with van der Waals surface area (Å²) in [5.74, 6) is 1.67. The van der Waals surface area contributed by atoms with Crippen LogP contribution in [0.5, 0.6) is 5.75 Å². The topological polar surface area (TPSA) is 97.0 Å². The Balaban J connectivity index is 0.00000385. The van der Waals surface area contributed by atoms with Crippen molar-refractivity contribution < 1.29 is 18.4 Å². The number of aliphatic imine (C=N–C) groups is 1. The van der Waals surface area contributed by atoms with Gasteiger partial charge in [0.1, 0.15) is 6.10 Å². The molecule has 11 heteroatoms. The fraction of sp³-hybridized carbons (Fsp3) is 0.591. The van der Waals surface area contributed by atoms with Gasteiger partial charge in [0.05, 0.1) is 13.7 Å². The van der Waals surface area contributed by atoms with Gasteiger partial charge in [-0.1, -0.05) is 11.2 Å². The highest BCUT2D eigenvalue weighted by Gasteiger charge is 2.21. The van der Waals surface area contributed by atoms with E-state index in [1.165, 1.54) is 7.11 Å². The summed E-state index contributed by atoms with van der Waals surface area (Å²) in [5, 5.41) is 10.6. The number of halogens is 2. The molecular weight excluding hydrogens is 542 g/mol. The van der Waals surface area contributed by atoms with Crippen molar-refractivity contribution >= 4 is 29.9 Å². The summed E-state index contributed by atoms with van der Waals surface area (Å²) in [6, 6.07) is 5.45. The van der Waals surface area contributed by atoms with Crippen LogP contribution in [0, 0.1) is 5.82 Å². The Morgan fingerprint density at radius 1 is 1.36 bits per heavy atom. The summed E-state index contributed by atoms with van der Waals surface area (Å²) >= 11 is 0. The van der Waals surface area contributed by atoms with Crippen LogP contribution in [-0.4, -0.2) is 60.9 Å². The molecule has 9 nitrogen and oxygen atoms in total. The number of nitrogens with zero attached hydrogens (tertiary/aromatic N) is 4. The van der Waals surface area contributed by atoms with Gasteiger partial charge in [-0.25, -0.2) is 4.39 Å². The number of hydrogen-bond acceptors (Lipinski definition) is 7. The van der Waals surface area contributed by atoms with Gasteiger partial charge < -0.3 is 24.6 Å². The van der Waals surface area contributed by atoms with Crippen LogP contribution in [0.1, 0.15) is 50.1 Å². The lowest BCUT2D eigenvalue weighted by Gasteiger charge is -2.33. The maximum absolute atomic E-state index is 13.9. The van der Waals surface area contributed by atoms with E-state index in [2.05, 4.69) is 30.7 Å². The number of ether oxygens (including phenoxy) is 2. The van der Waals surface area contributed by atoms with Crippen molar-refractivity contribution in [2.75, 3.05) is 33.9 Å². The number of benzene rings is 1. The first kappa shape index (κ1) is 27.3. The van der Waals surface area contributed by atoms with E-state index >= 15 is 0 Å². The van der Waals surface area contributed by atoms with Gasteiger partial charge in [0.15, 0.2) is 23.4 Å². The standard InChI is InChI=1S/C22H33FN6O3.HI/c1-5-31-15(2)21-27-20(32-28-21)13-25-22(24-3)26-17-8-10-29(11-9-17)14-16-6-7-19(30-4)18(23)12-16;/h6-7,12,15,17H,5,8-11,13-14H2,1-4H3,(H2,24,25,26);1H. The van der Waals surface area contributed by atoms with E-state index in [1.807, 2.05) is 19.9 Å². The summed E-state index contributed by atoms with van der Waals surface area (Å²) in [6.07, 6.45) is 1.74. The zero-order chi connectivity index (χ0) is 22.9. The Bertz CT molecular complexity index is 889. The van der Waals surface area contributed by atoms with Crippen molar-refractivity contribution in [3.63, 3.8) is 0 Å². The van der Waals surface area contributed by atoms with Crippen LogP contribution in [0.3, 0.4) is 0 Å². The van der Waals surface area contributed by atoms with Crippen molar-refractivity contribution in [2.45, 2.75) is 51.9 Å². The third-order valence-corrected chi connectivity index (χ3v) is 5.45. The van der Waals surface area contributed by atoms with Gasteiger partial charge in [-0.2, -0.15) is 4.98 Å². The molecule has 0 amide bonds. The van der Waals surface area contributed by atoms with Gasteiger partial charge in [-0.3, -0.25) is 9.89 Å². The molecular formula is C22H34FIN6O3. The molecule has 1 aliphatic rings. The van der Waals surface area contributed by atoms with E-state index in [0.717, 1.165) is 38.0 Å². The first-order valence-corrected chi connectivity index (χ1v) is 11.0. The van der Waals surface area contributed by atoms with E-state index in [4.69, 9.17) is 14.0 Å². The summed E-state index contributed by atoms with van der Waals surface area (Å²) in [6.45, 7) is 7.36. The second-order valence-electron chi connectivity index (χ2n) is 7.73. The minimum Gasteiger partial charge on any atom is -0.494 e. The maximum Gasteiger partial charge on any atom is 0.246 e. The van der Waals surface area contributed by atoms with Crippen LogP contribution in [0.2, 0.25) is 0 Å². The predicted octanol–water partition coefficient (Wildman–Crippen LogP) is 3.26. The number of aromatic nitrogens is 2. The molecule has 2 aromatic rings. The van der Waals surface area contributed by atoms with E-state index < -0.39 is 0 Å². The van der Waals surface area contributed by atoms with Gasteiger partial charge in [0, 0.05) is 39.3 Å². The highest BCUT2D eigenvalue weighted by Crippen LogP contribution is 2.20. The smallest absolute Gasteiger partial charge is 0.246 e. The van der Waals surface area contributed by atoms with E-state index in [1.54, 1.807) is 19.2 Å². The summed E-state index contributed by atoms with van der Waals surface area (Å²) < 4.78 is 29.7. The number of piperidine rings is 1. The molecule has 1 aliphatic heterocycles. The molecule has 2 heterocycles. The fourth-order valence-corrected chi connectivity index (χ4v) is 3.68. The Morgan fingerprint density at radius 3 is 2.76 bits per heavy atom. The zero-order valence-corrected chi connectivity index (χ0v) is 22.0. The minimum absolute atomic E-state index is 0. The van der Waals surface area contributed by atoms with Crippen molar-refractivity contribution in [3.8, 4) is 5.75 Å². The number of guanidine groups is 1. The molecule has 1 aromatic heterocycles. The van der Waals surface area contributed by atoms with E-state index in [0.29, 0.717) is 36.9 Å². The number of likely N-dealkylation sites (tertiary alicyclic amines) is 1. The van der Waals surface area contributed by atoms with Gasteiger partial charge >= 0.3 is 0 Å². The number of methoxy groups -OCH3 is 1. The first-order chi connectivity index (χ1) is 15.5. The Labute approximate surface area is 211 Å². The van der Waals surface area contributed by atoms with Crippen LogP contribution in [0.15, 0.2) is 27.7 Å². The average molecular weight is 576 g/mol. The Morgan fingerprint density at radius 2 is 2.12 bits per heavy atom. The normalized spacial score (nSPS) is 16.2. The van der Waals surface area contributed by atoms with E-state index in [9.17, 15) is 4.39 Å². The average Bonchev–Trinajstić information content (AvgIpc) is 3.27. The van der Waals surface area contributed by atoms with Gasteiger partial charge in [-0.15, -0.1) is 24.0 Å². The molecule has 0 bridgehead atoms. The van der Waals surface area contributed by atoms with Crippen LogP contribution < -0.4 is 15.4 Å². The highest BCUT2D eigenvalue weighted by molar-refractivity contribution is 14.0. The molecule has 184 valence electrons. The zero-order valence-electron chi connectivity index (χ0n) is 19.6. The Kier molecular flexibility index (Phi) is 11.3. The molecule has 0 radical (unpaired) electrons. The van der Waals surface area contributed by atoms with Crippen molar-refractivity contribution in [2.24, 2.45) is 4.99 Å². The van der Waals surface area contributed by atoms with Crippen molar-refractivity contribution in [1.29, 1.82) is 0 Å². The summed E-state index contributed by atoms with van der Waals surface area (Å²) in [4.78, 5) is 11.0. The minimum atomic E-state index is -0.322. The van der Waals surface area contributed by atoms with Gasteiger partial charge in [0.2, 0.25) is 5.89 Å². The van der Waals surface area contributed by atoms with E-state index in [-0.39, 0.29) is 41.6 Å².